The van der Waals surface area contributed by atoms with Crippen LogP contribution in [0.5, 0.6) is 0 Å². The number of hydrogen-bond donors (Lipinski definition) is 1. The molecule has 1 aromatic carbocycles. The number of carbonyl (C=O) groups is 2. The largest absolute Gasteiger partial charge is 0.548 e. The number of rotatable bonds is 1. The zero-order valence-corrected chi connectivity index (χ0v) is 11.7. The van der Waals surface area contributed by atoms with E-state index in [9.17, 15) is 14.7 Å². The van der Waals surface area contributed by atoms with Gasteiger partial charge in [-0.1, -0.05) is 18.2 Å². The summed E-state index contributed by atoms with van der Waals surface area (Å²) in [5.41, 5.74) is 2.40. The normalized spacial score (nSPS) is 27.8. The van der Waals surface area contributed by atoms with Gasteiger partial charge in [0.2, 0.25) is 5.91 Å². The third kappa shape index (κ3) is 1.46. The Bertz CT molecular complexity index is 779. The van der Waals surface area contributed by atoms with Gasteiger partial charge >= 0.3 is 0 Å². The maximum atomic E-state index is 12.2. The first kappa shape index (κ1) is 12.4. The number of aromatic amines is 1. The minimum atomic E-state index is -1.17. The molecule has 5 nitrogen and oxygen atoms in total. The van der Waals surface area contributed by atoms with E-state index in [0.29, 0.717) is 19.3 Å². The first-order chi connectivity index (χ1) is 10.0. The average molecular weight is 283 g/mol. The Balaban J connectivity index is 2.01. The van der Waals surface area contributed by atoms with E-state index in [1.165, 1.54) is 4.90 Å². The lowest BCUT2D eigenvalue weighted by Gasteiger charge is -2.45. The van der Waals surface area contributed by atoms with Crippen molar-refractivity contribution in [2.75, 3.05) is 0 Å². The Labute approximate surface area is 121 Å². The molecule has 21 heavy (non-hydrogen) atoms. The smallest absolute Gasteiger partial charge is 0.224 e. The quantitative estimate of drug-likeness (QED) is 0.836. The van der Waals surface area contributed by atoms with Crippen LogP contribution in [0.25, 0.3) is 10.9 Å². The molecule has 0 spiro atoms. The molecule has 2 atom stereocenters. The summed E-state index contributed by atoms with van der Waals surface area (Å²) < 4.78 is 0. The predicted octanol–water partition coefficient (Wildman–Crippen LogP) is 0.680. The Morgan fingerprint density at radius 3 is 2.95 bits per heavy atom. The molecule has 3 heterocycles. The van der Waals surface area contributed by atoms with Crippen molar-refractivity contribution in [1.82, 2.24) is 9.88 Å². The lowest BCUT2D eigenvalue weighted by molar-refractivity contribution is -0.312. The van der Waals surface area contributed by atoms with E-state index in [1.807, 2.05) is 31.2 Å². The Kier molecular flexibility index (Phi) is 2.29. The van der Waals surface area contributed by atoms with E-state index in [2.05, 4.69) is 4.98 Å². The van der Waals surface area contributed by atoms with Crippen molar-refractivity contribution in [2.24, 2.45) is 0 Å². The SMILES string of the molecule is C[C@@]12CCC(=O)N1[C@H](C(=O)[O-])Cc1c2[nH]c2ccccc12. The number of amides is 1. The highest BCUT2D eigenvalue weighted by molar-refractivity contribution is 5.91. The molecule has 2 aromatic rings. The van der Waals surface area contributed by atoms with Crippen LogP contribution in [0.15, 0.2) is 24.3 Å². The van der Waals surface area contributed by atoms with E-state index >= 15 is 0 Å². The summed E-state index contributed by atoms with van der Waals surface area (Å²) in [4.78, 5) is 28.6. The van der Waals surface area contributed by atoms with Crippen LogP contribution in [0.3, 0.4) is 0 Å². The molecule has 0 aliphatic carbocycles. The van der Waals surface area contributed by atoms with Gasteiger partial charge in [0.1, 0.15) is 0 Å². The number of aromatic nitrogens is 1. The third-order valence-corrected chi connectivity index (χ3v) is 4.96. The van der Waals surface area contributed by atoms with Crippen molar-refractivity contribution in [3.05, 3.63) is 35.5 Å². The molecule has 1 fully saturated rings. The molecule has 1 N–H and O–H groups in total. The lowest BCUT2D eigenvalue weighted by Crippen LogP contribution is -2.58. The highest BCUT2D eigenvalue weighted by atomic mass is 16.4. The van der Waals surface area contributed by atoms with Gasteiger partial charge in [-0.15, -0.1) is 0 Å². The Morgan fingerprint density at radius 1 is 1.43 bits per heavy atom. The molecule has 2 aliphatic rings. The van der Waals surface area contributed by atoms with Gasteiger partial charge < -0.3 is 19.8 Å². The van der Waals surface area contributed by atoms with E-state index in [1.54, 1.807) is 0 Å². The van der Waals surface area contributed by atoms with Crippen LogP contribution in [0.1, 0.15) is 31.0 Å². The number of aliphatic carboxylic acids is 1. The second kappa shape index (κ2) is 3.87. The van der Waals surface area contributed by atoms with Crippen LogP contribution in [0.2, 0.25) is 0 Å². The number of H-pyrrole nitrogens is 1. The fraction of sp³-hybridized carbons (Fsp3) is 0.375. The maximum Gasteiger partial charge on any atom is 0.224 e. The number of carbonyl (C=O) groups excluding carboxylic acids is 2. The standard InChI is InChI=1S/C16H16N2O3/c1-16-7-6-13(19)18(16)12(15(20)21)8-10-9-4-2-3-5-11(9)17-14(10)16/h2-5,12,17H,6-8H2,1H3,(H,20,21)/p-1/t12-,16-/m0/s1. The molecule has 1 saturated heterocycles. The first-order valence-corrected chi connectivity index (χ1v) is 7.15. The number of nitrogens with one attached hydrogen (secondary N) is 1. The van der Waals surface area contributed by atoms with E-state index in [-0.39, 0.29) is 5.91 Å². The molecule has 2 aliphatic heterocycles. The second-order valence-corrected chi connectivity index (χ2v) is 6.10. The first-order valence-electron chi connectivity index (χ1n) is 7.15. The summed E-state index contributed by atoms with van der Waals surface area (Å²) in [6.07, 6.45) is 1.33. The van der Waals surface area contributed by atoms with Gasteiger partial charge in [-0.2, -0.15) is 0 Å². The minimum absolute atomic E-state index is 0.101. The van der Waals surface area contributed by atoms with Gasteiger partial charge in [-0.3, -0.25) is 4.79 Å². The van der Waals surface area contributed by atoms with Gasteiger partial charge in [0.25, 0.3) is 0 Å². The van der Waals surface area contributed by atoms with Gasteiger partial charge in [0.05, 0.1) is 17.6 Å². The summed E-state index contributed by atoms with van der Waals surface area (Å²) in [5, 5.41) is 12.6. The topological polar surface area (TPSA) is 76.2 Å². The summed E-state index contributed by atoms with van der Waals surface area (Å²) in [5.74, 6) is -1.27. The van der Waals surface area contributed by atoms with Crippen LogP contribution in [0, 0.1) is 0 Å². The Morgan fingerprint density at radius 2 is 2.19 bits per heavy atom. The van der Waals surface area contributed by atoms with Gasteiger partial charge in [-0.05, 0) is 25.0 Å². The molecule has 108 valence electrons. The molecule has 4 rings (SSSR count). The molecule has 1 amide bonds. The molecule has 5 heteroatoms. The maximum absolute atomic E-state index is 12.2. The molecular formula is C16H15N2O3-. The zero-order chi connectivity index (χ0) is 14.8. The number of fused-ring (bicyclic) bond motifs is 5. The highest BCUT2D eigenvalue weighted by Crippen LogP contribution is 2.47. The van der Waals surface area contributed by atoms with Crippen LogP contribution >= 0.6 is 0 Å². The van der Waals surface area contributed by atoms with Crippen molar-refractivity contribution in [3.8, 4) is 0 Å². The van der Waals surface area contributed by atoms with Crippen LogP contribution in [0.4, 0.5) is 0 Å². The third-order valence-electron chi connectivity index (χ3n) is 4.96. The highest BCUT2D eigenvalue weighted by Gasteiger charge is 2.51. The molecule has 0 bridgehead atoms. The summed E-state index contributed by atoms with van der Waals surface area (Å²) in [6.45, 7) is 1.95. The van der Waals surface area contributed by atoms with E-state index in [0.717, 1.165) is 22.2 Å². The number of hydrogen-bond acceptors (Lipinski definition) is 3. The zero-order valence-electron chi connectivity index (χ0n) is 11.7. The number of nitrogens with zero attached hydrogens (tertiary/aromatic N) is 1. The van der Waals surface area contributed by atoms with Crippen LogP contribution in [-0.2, 0) is 21.5 Å². The number of carboxylic acid groups (broad SMARTS) is 1. The van der Waals surface area contributed by atoms with Gasteiger partial charge in [0, 0.05) is 29.4 Å². The fourth-order valence-electron chi connectivity index (χ4n) is 3.97. The van der Waals surface area contributed by atoms with E-state index < -0.39 is 17.6 Å². The van der Waals surface area contributed by atoms with Crippen molar-refractivity contribution in [2.45, 2.75) is 37.8 Å². The Hall–Kier alpha value is -2.30. The molecular weight excluding hydrogens is 268 g/mol. The number of carboxylic acids is 1. The van der Waals surface area contributed by atoms with Crippen molar-refractivity contribution >= 4 is 22.8 Å². The number of para-hydroxylation sites is 1. The van der Waals surface area contributed by atoms with Crippen molar-refractivity contribution in [3.63, 3.8) is 0 Å². The van der Waals surface area contributed by atoms with Gasteiger partial charge in [0.15, 0.2) is 0 Å². The van der Waals surface area contributed by atoms with Gasteiger partial charge in [-0.25, -0.2) is 0 Å². The summed E-state index contributed by atoms with van der Waals surface area (Å²) in [6, 6.07) is 6.98. The van der Waals surface area contributed by atoms with Crippen molar-refractivity contribution in [1.29, 1.82) is 0 Å². The summed E-state index contributed by atoms with van der Waals surface area (Å²) >= 11 is 0. The van der Waals surface area contributed by atoms with Crippen LogP contribution in [-0.4, -0.2) is 27.8 Å². The average Bonchev–Trinajstić information content (AvgIpc) is 2.98. The molecule has 1 aromatic heterocycles. The predicted molar refractivity (Wildman–Crippen MR) is 74.2 cm³/mol. The molecule has 0 radical (unpaired) electrons. The summed E-state index contributed by atoms with van der Waals surface area (Å²) in [7, 11) is 0. The van der Waals surface area contributed by atoms with Crippen LogP contribution < -0.4 is 5.11 Å². The number of benzene rings is 1. The fourth-order valence-corrected chi connectivity index (χ4v) is 3.97. The second-order valence-electron chi connectivity index (χ2n) is 6.10. The monoisotopic (exact) mass is 283 g/mol. The lowest BCUT2D eigenvalue weighted by atomic mass is 9.83. The van der Waals surface area contributed by atoms with E-state index in [4.69, 9.17) is 0 Å². The molecule has 0 saturated carbocycles. The molecule has 0 unspecified atom stereocenters. The minimum Gasteiger partial charge on any atom is -0.548 e. The van der Waals surface area contributed by atoms with Crippen molar-refractivity contribution < 1.29 is 14.7 Å².